The number of aromatic nitrogens is 3. The fourth-order valence-electron chi connectivity index (χ4n) is 2.10. The van der Waals surface area contributed by atoms with Crippen LogP contribution in [0.3, 0.4) is 0 Å². The molecule has 3 rings (SSSR count). The maximum atomic E-state index is 10.8. The van der Waals surface area contributed by atoms with Crippen molar-refractivity contribution < 1.29 is 9.90 Å². The fraction of sp³-hybridized carbons (Fsp3) is 0.417. The third kappa shape index (κ3) is 1.77. The normalized spacial score (nSPS) is 16.0. The molecule has 0 unspecified atom stereocenters. The van der Waals surface area contributed by atoms with Crippen molar-refractivity contribution in [3.05, 3.63) is 29.7 Å². The summed E-state index contributed by atoms with van der Waals surface area (Å²) < 4.78 is 1.65. The van der Waals surface area contributed by atoms with Crippen LogP contribution in [0.1, 0.15) is 36.7 Å². The number of hydrogen-bond acceptors (Lipinski definition) is 3. The first-order valence-corrected chi connectivity index (χ1v) is 5.80. The van der Waals surface area contributed by atoms with Gasteiger partial charge in [-0.1, -0.05) is 12.5 Å². The Morgan fingerprint density at radius 3 is 2.94 bits per heavy atom. The Morgan fingerprint density at radius 1 is 1.47 bits per heavy atom. The van der Waals surface area contributed by atoms with Gasteiger partial charge in [-0.25, -0.2) is 9.50 Å². The van der Waals surface area contributed by atoms with Gasteiger partial charge in [-0.05, 0) is 25.0 Å². The van der Waals surface area contributed by atoms with Crippen LogP contribution in [-0.4, -0.2) is 25.7 Å². The summed E-state index contributed by atoms with van der Waals surface area (Å²) in [5.41, 5.74) is 1.42. The average Bonchev–Trinajstić information content (AvgIpc) is 2.58. The Morgan fingerprint density at radius 2 is 2.29 bits per heavy atom. The summed E-state index contributed by atoms with van der Waals surface area (Å²) in [6, 6.07) is 5.47. The van der Waals surface area contributed by atoms with Crippen LogP contribution in [0.25, 0.3) is 5.65 Å². The maximum Gasteiger partial charge on any atom is 0.309 e. The minimum Gasteiger partial charge on any atom is -0.481 e. The van der Waals surface area contributed by atoms with E-state index in [1.807, 2.05) is 12.1 Å². The highest BCUT2D eigenvalue weighted by molar-refractivity contribution is 5.69. The molecule has 1 saturated carbocycles. The van der Waals surface area contributed by atoms with E-state index in [1.54, 1.807) is 10.6 Å². The van der Waals surface area contributed by atoms with E-state index in [1.165, 1.54) is 6.42 Å². The highest BCUT2D eigenvalue weighted by Gasteiger charge is 2.24. The van der Waals surface area contributed by atoms with Crippen LogP contribution in [0, 0.1) is 0 Å². The molecule has 2 aromatic heterocycles. The number of rotatable bonds is 3. The molecule has 1 aliphatic carbocycles. The van der Waals surface area contributed by atoms with E-state index in [0.29, 0.717) is 11.6 Å². The van der Waals surface area contributed by atoms with E-state index >= 15 is 0 Å². The first kappa shape index (κ1) is 10.3. The Kier molecular flexibility index (Phi) is 2.31. The first-order valence-electron chi connectivity index (χ1n) is 5.80. The molecule has 5 nitrogen and oxygen atoms in total. The molecule has 1 aliphatic rings. The van der Waals surface area contributed by atoms with Crippen molar-refractivity contribution in [3.63, 3.8) is 0 Å². The lowest BCUT2D eigenvalue weighted by Gasteiger charge is -2.21. The summed E-state index contributed by atoms with van der Waals surface area (Å²) in [6.45, 7) is 0. The van der Waals surface area contributed by atoms with E-state index in [4.69, 9.17) is 5.11 Å². The summed E-state index contributed by atoms with van der Waals surface area (Å²) in [7, 11) is 0. The third-order valence-electron chi connectivity index (χ3n) is 3.26. The summed E-state index contributed by atoms with van der Waals surface area (Å²) in [4.78, 5) is 15.2. The Hall–Kier alpha value is -1.91. The van der Waals surface area contributed by atoms with Crippen LogP contribution in [0.4, 0.5) is 0 Å². The molecule has 0 saturated heterocycles. The van der Waals surface area contributed by atoms with Gasteiger partial charge in [0.05, 0.1) is 12.1 Å². The minimum atomic E-state index is -0.849. The number of carbonyl (C=O) groups is 1. The average molecular weight is 231 g/mol. The van der Waals surface area contributed by atoms with Crippen molar-refractivity contribution in [2.45, 2.75) is 31.6 Å². The summed E-state index contributed by atoms with van der Waals surface area (Å²) in [6.07, 6.45) is 3.50. The SMILES string of the molecule is O=C(O)Cc1cccc2nc(C3CCC3)nn12. The molecule has 2 heterocycles. The second-order valence-electron chi connectivity index (χ2n) is 4.46. The molecule has 0 aromatic carbocycles. The molecule has 0 radical (unpaired) electrons. The van der Waals surface area contributed by atoms with Crippen molar-refractivity contribution in [1.29, 1.82) is 0 Å². The molecule has 17 heavy (non-hydrogen) atoms. The lowest BCUT2D eigenvalue weighted by Crippen LogP contribution is -2.11. The molecule has 0 amide bonds. The highest BCUT2D eigenvalue weighted by Crippen LogP contribution is 2.34. The second-order valence-corrected chi connectivity index (χ2v) is 4.46. The molecule has 0 atom stereocenters. The van der Waals surface area contributed by atoms with Gasteiger partial charge >= 0.3 is 5.97 Å². The summed E-state index contributed by atoms with van der Waals surface area (Å²) in [5, 5.41) is 13.3. The zero-order valence-corrected chi connectivity index (χ0v) is 9.33. The van der Waals surface area contributed by atoms with E-state index in [-0.39, 0.29) is 6.42 Å². The molecule has 5 heteroatoms. The fourth-order valence-corrected chi connectivity index (χ4v) is 2.10. The van der Waals surface area contributed by atoms with E-state index in [2.05, 4.69) is 10.1 Å². The van der Waals surface area contributed by atoms with Gasteiger partial charge in [-0.15, -0.1) is 0 Å². The summed E-state index contributed by atoms with van der Waals surface area (Å²) >= 11 is 0. The zero-order valence-electron chi connectivity index (χ0n) is 9.33. The van der Waals surface area contributed by atoms with E-state index < -0.39 is 5.97 Å². The van der Waals surface area contributed by atoms with Crippen LogP contribution in [0.2, 0.25) is 0 Å². The predicted octanol–water partition coefficient (Wildman–Crippen LogP) is 1.62. The number of nitrogens with zero attached hydrogens (tertiary/aromatic N) is 3. The molecule has 2 aromatic rings. The quantitative estimate of drug-likeness (QED) is 0.871. The van der Waals surface area contributed by atoms with Gasteiger partial charge in [0.25, 0.3) is 0 Å². The molecule has 1 fully saturated rings. The third-order valence-corrected chi connectivity index (χ3v) is 3.26. The molecule has 1 N–H and O–H groups in total. The first-order chi connectivity index (χ1) is 8.24. The number of aliphatic carboxylic acids is 1. The standard InChI is InChI=1S/C12H13N3O2/c16-11(17)7-9-5-2-6-10-13-12(14-15(9)10)8-3-1-4-8/h2,5-6,8H,1,3-4,7H2,(H,16,17). The number of carboxylic acid groups (broad SMARTS) is 1. The van der Waals surface area contributed by atoms with Crippen LogP contribution in [0.5, 0.6) is 0 Å². The van der Waals surface area contributed by atoms with Crippen LogP contribution in [0.15, 0.2) is 18.2 Å². The van der Waals surface area contributed by atoms with Crippen molar-refractivity contribution in [1.82, 2.24) is 14.6 Å². The van der Waals surface area contributed by atoms with Crippen LogP contribution in [-0.2, 0) is 11.2 Å². The molecule has 88 valence electrons. The Balaban J connectivity index is 2.04. The Bertz CT molecular complexity index is 572. The molecule has 0 aliphatic heterocycles. The van der Waals surface area contributed by atoms with E-state index in [0.717, 1.165) is 24.3 Å². The molecular weight excluding hydrogens is 218 g/mol. The largest absolute Gasteiger partial charge is 0.481 e. The van der Waals surface area contributed by atoms with Crippen molar-refractivity contribution in [3.8, 4) is 0 Å². The molecule has 0 bridgehead atoms. The highest BCUT2D eigenvalue weighted by atomic mass is 16.4. The van der Waals surface area contributed by atoms with Gasteiger partial charge in [0.1, 0.15) is 0 Å². The molecular formula is C12H13N3O2. The summed E-state index contributed by atoms with van der Waals surface area (Å²) in [5.74, 6) is 0.472. The number of carboxylic acids is 1. The van der Waals surface area contributed by atoms with Gasteiger partial charge in [-0.2, -0.15) is 5.10 Å². The smallest absolute Gasteiger partial charge is 0.309 e. The maximum absolute atomic E-state index is 10.8. The van der Waals surface area contributed by atoms with Crippen LogP contribution < -0.4 is 0 Å². The monoisotopic (exact) mass is 231 g/mol. The number of fused-ring (bicyclic) bond motifs is 1. The Labute approximate surface area is 98.1 Å². The van der Waals surface area contributed by atoms with E-state index in [9.17, 15) is 4.79 Å². The van der Waals surface area contributed by atoms with Crippen molar-refractivity contribution >= 4 is 11.6 Å². The van der Waals surface area contributed by atoms with Crippen molar-refractivity contribution in [2.75, 3.05) is 0 Å². The number of hydrogen-bond donors (Lipinski definition) is 1. The predicted molar refractivity (Wildman–Crippen MR) is 60.9 cm³/mol. The second kappa shape index (κ2) is 3.84. The van der Waals surface area contributed by atoms with Gasteiger partial charge in [0.15, 0.2) is 11.5 Å². The zero-order chi connectivity index (χ0) is 11.8. The topological polar surface area (TPSA) is 67.5 Å². The van der Waals surface area contributed by atoms with Gasteiger partial charge in [0.2, 0.25) is 0 Å². The van der Waals surface area contributed by atoms with Gasteiger partial charge in [0, 0.05) is 5.92 Å². The van der Waals surface area contributed by atoms with Crippen LogP contribution >= 0.6 is 0 Å². The van der Waals surface area contributed by atoms with Gasteiger partial charge in [-0.3, -0.25) is 4.79 Å². The van der Waals surface area contributed by atoms with Gasteiger partial charge < -0.3 is 5.11 Å². The van der Waals surface area contributed by atoms with Crippen molar-refractivity contribution in [2.24, 2.45) is 0 Å². The molecule has 0 spiro atoms. The number of pyridine rings is 1. The minimum absolute atomic E-state index is 0.0230. The lowest BCUT2D eigenvalue weighted by atomic mass is 9.85. The lowest BCUT2D eigenvalue weighted by molar-refractivity contribution is -0.136.